The minimum atomic E-state index is -0.292. The molecule has 0 fully saturated rings. The van der Waals surface area contributed by atoms with Crippen molar-refractivity contribution < 1.29 is 23.5 Å². The van der Waals surface area contributed by atoms with Gasteiger partial charge in [0.1, 0.15) is 13.2 Å². The highest BCUT2D eigenvalue weighted by Gasteiger charge is 2.05. The quantitative estimate of drug-likeness (QED) is 0.480. The summed E-state index contributed by atoms with van der Waals surface area (Å²) < 4.78 is 22.3. The van der Waals surface area contributed by atoms with Gasteiger partial charge in [-0.15, -0.1) is 9.60 Å². The monoisotopic (exact) mass is 265 g/mol. The minimum absolute atomic E-state index is 0.0423. The minimum Gasteiger partial charge on any atom is -0.375 e. The van der Waals surface area contributed by atoms with Crippen LogP contribution in [0, 0.1) is 0 Å². The molecule has 0 atom stereocenters. The lowest BCUT2D eigenvalue weighted by Gasteiger charge is -2.12. The normalized spacial score (nSPS) is 10.4. The molecule has 0 saturated heterocycles. The van der Waals surface area contributed by atoms with Gasteiger partial charge in [-0.25, -0.2) is 0 Å². The van der Waals surface area contributed by atoms with Crippen molar-refractivity contribution in [1.82, 2.24) is 15.8 Å². The van der Waals surface area contributed by atoms with Gasteiger partial charge in [0.25, 0.3) is 0 Å². The van der Waals surface area contributed by atoms with E-state index in [0.717, 1.165) is 0 Å². The number of hydrogen-bond donors (Lipinski definition) is 2. The first kappa shape index (κ1) is 16.8. The largest absolute Gasteiger partial charge is 0.375 e. The van der Waals surface area contributed by atoms with Gasteiger partial charge in [0.2, 0.25) is 11.8 Å². The van der Waals surface area contributed by atoms with E-state index in [-0.39, 0.29) is 51.2 Å². The van der Waals surface area contributed by atoms with Gasteiger partial charge < -0.3 is 20.1 Å². The second-order valence-electron chi connectivity index (χ2n) is 3.48. The summed E-state index contributed by atoms with van der Waals surface area (Å²) in [6, 6.07) is 0. The van der Waals surface area contributed by atoms with E-state index < -0.39 is 0 Å². The maximum Gasteiger partial charge on any atom is 0.246 e. The van der Waals surface area contributed by atoms with Gasteiger partial charge in [0.05, 0.1) is 0 Å². The average Bonchev–Trinajstić information content (AvgIpc) is 2.29. The Kier molecular flexibility index (Phi) is 10.1. The summed E-state index contributed by atoms with van der Waals surface area (Å²) in [5.41, 5.74) is 0. The highest BCUT2D eigenvalue weighted by atomic mass is 19.2. The molecule has 0 aromatic carbocycles. The van der Waals surface area contributed by atoms with E-state index in [1.807, 2.05) is 0 Å². The third kappa shape index (κ3) is 9.94. The summed E-state index contributed by atoms with van der Waals surface area (Å²) in [7, 11) is 2.81. The van der Waals surface area contributed by atoms with Crippen LogP contribution in [0.4, 0.5) is 4.48 Å². The smallest absolute Gasteiger partial charge is 0.246 e. The fourth-order valence-electron chi connectivity index (χ4n) is 1.11. The van der Waals surface area contributed by atoms with Gasteiger partial charge in [-0.3, -0.25) is 9.59 Å². The van der Waals surface area contributed by atoms with Gasteiger partial charge in [0.15, 0.2) is 0 Å². The summed E-state index contributed by atoms with van der Waals surface area (Å²) in [5, 5.41) is 5.48. The maximum absolute atomic E-state index is 13.1. The number of nitrogens with zero attached hydrogens (tertiary/aromatic N) is 1. The standard InChI is InChI=1S/C10H20FN3O4/c1-17-7-9(15)12-3-5-14(11)6-4-13-10(16)8-18-2/h3-8H2,1-2H3,(H,12,15)(H,13,16). The molecule has 0 bridgehead atoms. The summed E-state index contributed by atoms with van der Waals surface area (Å²) in [5.74, 6) is -0.585. The number of carbonyl (C=O) groups excluding carboxylic acids is 2. The van der Waals surface area contributed by atoms with E-state index >= 15 is 0 Å². The van der Waals surface area contributed by atoms with Crippen molar-refractivity contribution in [2.24, 2.45) is 0 Å². The number of amides is 2. The Bertz CT molecular complexity index is 229. The van der Waals surface area contributed by atoms with Crippen LogP contribution in [0.1, 0.15) is 0 Å². The van der Waals surface area contributed by atoms with Gasteiger partial charge in [-0.1, -0.05) is 0 Å². The number of hydrogen-bond acceptors (Lipinski definition) is 5. The highest BCUT2D eigenvalue weighted by Crippen LogP contribution is 1.86. The molecule has 2 amide bonds. The van der Waals surface area contributed by atoms with Crippen molar-refractivity contribution in [2.45, 2.75) is 0 Å². The fraction of sp³-hybridized carbons (Fsp3) is 0.800. The lowest BCUT2D eigenvalue weighted by Crippen LogP contribution is -2.37. The Labute approximate surface area is 106 Å². The van der Waals surface area contributed by atoms with Crippen LogP contribution in [0.15, 0.2) is 0 Å². The van der Waals surface area contributed by atoms with Crippen molar-refractivity contribution in [2.75, 3.05) is 53.6 Å². The molecular weight excluding hydrogens is 245 g/mol. The zero-order valence-corrected chi connectivity index (χ0v) is 10.7. The fourth-order valence-corrected chi connectivity index (χ4v) is 1.11. The lowest BCUT2D eigenvalue weighted by molar-refractivity contribution is -0.125. The molecule has 0 aliphatic rings. The van der Waals surface area contributed by atoms with Crippen molar-refractivity contribution in [1.29, 1.82) is 0 Å². The van der Waals surface area contributed by atoms with Crippen LogP contribution in [-0.2, 0) is 19.1 Å². The summed E-state index contributed by atoms with van der Waals surface area (Å²) >= 11 is 0. The first-order valence-corrected chi connectivity index (χ1v) is 5.52. The third-order valence-corrected chi connectivity index (χ3v) is 1.90. The molecule has 0 aliphatic heterocycles. The molecule has 0 heterocycles. The lowest BCUT2D eigenvalue weighted by atomic mass is 10.5. The van der Waals surface area contributed by atoms with Crippen LogP contribution in [0.5, 0.6) is 0 Å². The first-order valence-electron chi connectivity index (χ1n) is 5.52. The zero-order valence-electron chi connectivity index (χ0n) is 10.7. The van der Waals surface area contributed by atoms with Crippen LogP contribution >= 0.6 is 0 Å². The highest BCUT2D eigenvalue weighted by molar-refractivity contribution is 5.77. The van der Waals surface area contributed by atoms with E-state index in [9.17, 15) is 14.1 Å². The average molecular weight is 265 g/mol. The Balaban J connectivity index is 3.45. The topological polar surface area (TPSA) is 79.9 Å². The Hall–Kier alpha value is -1.25. The van der Waals surface area contributed by atoms with Crippen LogP contribution in [0.2, 0.25) is 0 Å². The molecule has 2 N–H and O–H groups in total. The van der Waals surface area contributed by atoms with Crippen molar-refractivity contribution in [3.63, 3.8) is 0 Å². The van der Waals surface area contributed by atoms with Gasteiger partial charge in [-0.05, 0) is 0 Å². The van der Waals surface area contributed by atoms with Crippen molar-refractivity contribution in [3.8, 4) is 0 Å². The van der Waals surface area contributed by atoms with E-state index in [0.29, 0.717) is 5.12 Å². The van der Waals surface area contributed by atoms with E-state index in [1.54, 1.807) is 0 Å². The molecule has 0 aliphatic carbocycles. The number of carbonyl (C=O) groups is 2. The molecule has 106 valence electrons. The molecule has 0 spiro atoms. The molecule has 0 aromatic heterocycles. The summed E-state index contributed by atoms with van der Waals surface area (Å²) in [6.45, 7) is 0.388. The van der Waals surface area contributed by atoms with Gasteiger partial charge >= 0.3 is 0 Å². The Morgan fingerprint density at radius 2 is 1.39 bits per heavy atom. The summed E-state index contributed by atoms with van der Waals surface area (Å²) in [4.78, 5) is 21.9. The number of nitrogens with one attached hydrogen (secondary N) is 2. The molecule has 8 heteroatoms. The predicted octanol–water partition coefficient (Wildman–Crippen LogP) is -1.30. The molecule has 0 unspecified atom stereocenters. The van der Waals surface area contributed by atoms with Gasteiger partial charge in [0, 0.05) is 40.4 Å². The number of rotatable bonds is 10. The van der Waals surface area contributed by atoms with Gasteiger partial charge in [-0.2, -0.15) is 0 Å². The predicted molar refractivity (Wildman–Crippen MR) is 62.5 cm³/mol. The molecular formula is C10H20FN3O4. The zero-order chi connectivity index (χ0) is 13.8. The molecule has 7 nitrogen and oxygen atoms in total. The second kappa shape index (κ2) is 10.9. The molecule has 0 radical (unpaired) electrons. The van der Waals surface area contributed by atoms with E-state index in [2.05, 4.69) is 20.1 Å². The molecule has 0 saturated carbocycles. The van der Waals surface area contributed by atoms with Crippen LogP contribution in [0.25, 0.3) is 0 Å². The van der Waals surface area contributed by atoms with E-state index in [1.165, 1.54) is 14.2 Å². The van der Waals surface area contributed by atoms with Crippen molar-refractivity contribution >= 4 is 11.8 Å². The van der Waals surface area contributed by atoms with Crippen LogP contribution in [0.3, 0.4) is 0 Å². The molecule has 0 aromatic rings. The number of ether oxygens (including phenoxy) is 2. The molecule has 0 rings (SSSR count). The maximum atomic E-state index is 13.1. The third-order valence-electron chi connectivity index (χ3n) is 1.90. The number of halogens is 1. The SMILES string of the molecule is COCC(=O)NCCN(F)CCNC(=O)COC. The van der Waals surface area contributed by atoms with Crippen LogP contribution < -0.4 is 10.6 Å². The summed E-state index contributed by atoms with van der Waals surface area (Å²) in [6.07, 6.45) is 0. The number of methoxy groups -OCH3 is 2. The Morgan fingerprint density at radius 3 is 1.72 bits per heavy atom. The van der Waals surface area contributed by atoms with Crippen LogP contribution in [-0.4, -0.2) is 70.5 Å². The molecule has 18 heavy (non-hydrogen) atoms. The first-order chi connectivity index (χ1) is 8.60. The van der Waals surface area contributed by atoms with E-state index in [4.69, 9.17) is 0 Å². The Morgan fingerprint density at radius 1 is 1.00 bits per heavy atom. The van der Waals surface area contributed by atoms with Crippen molar-refractivity contribution in [3.05, 3.63) is 0 Å². The second-order valence-corrected chi connectivity index (χ2v) is 3.48.